The number of rotatable bonds is 6. The summed E-state index contributed by atoms with van der Waals surface area (Å²) in [7, 11) is 1.62. The molecule has 1 heterocycles. The molecule has 0 bridgehead atoms. The van der Waals surface area contributed by atoms with Gasteiger partial charge in [-0.05, 0) is 37.1 Å². The smallest absolute Gasteiger partial charge is 0.257 e. The fourth-order valence-corrected chi connectivity index (χ4v) is 2.03. The van der Waals surface area contributed by atoms with E-state index in [0.29, 0.717) is 6.54 Å². The second-order valence-electron chi connectivity index (χ2n) is 4.95. The molecule has 1 aromatic heterocycles. The zero-order valence-electron chi connectivity index (χ0n) is 12.4. The second kappa shape index (κ2) is 6.56. The van der Waals surface area contributed by atoms with Gasteiger partial charge in [-0.1, -0.05) is 0 Å². The molecule has 0 unspecified atom stereocenters. The number of methoxy groups -OCH3 is 1. The highest BCUT2D eigenvalue weighted by Gasteiger charge is 2.08. The Morgan fingerprint density at radius 3 is 2.67 bits per heavy atom. The lowest BCUT2D eigenvalue weighted by Gasteiger charge is -2.13. The maximum absolute atomic E-state index is 12.3. The molecule has 21 heavy (non-hydrogen) atoms. The fraction of sp³-hybridized carbons (Fsp3) is 0.400. The Morgan fingerprint density at radius 2 is 2.00 bits per heavy atom. The molecule has 0 aliphatic carbocycles. The minimum atomic E-state index is -2.40. The van der Waals surface area contributed by atoms with Crippen molar-refractivity contribution in [2.75, 3.05) is 12.4 Å². The summed E-state index contributed by atoms with van der Waals surface area (Å²) in [6, 6.07) is 3.98. The van der Waals surface area contributed by atoms with Crippen LogP contribution in [0.25, 0.3) is 0 Å². The molecule has 0 saturated carbocycles. The van der Waals surface area contributed by atoms with Crippen molar-refractivity contribution in [2.24, 2.45) is 0 Å². The van der Waals surface area contributed by atoms with Crippen molar-refractivity contribution in [2.45, 2.75) is 33.4 Å². The number of anilines is 1. The average molecular weight is 295 g/mol. The van der Waals surface area contributed by atoms with Gasteiger partial charge < -0.3 is 10.1 Å². The van der Waals surface area contributed by atoms with E-state index in [1.807, 2.05) is 26.0 Å². The first-order chi connectivity index (χ1) is 9.99. The second-order valence-corrected chi connectivity index (χ2v) is 4.95. The number of aryl methyl sites for hydroxylation is 2. The molecule has 0 amide bonds. The van der Waals surface area contributed by atoms with Crippen LogP contribution in [0.5, 0.6) is 5.75 Å². The quantitative estimate of drug-likeness (QED) is 0.888. The normalized spacial score (nSPS) is 11.0. The Balaban J connectivity index is 2.06. The zero-order chi connectivity index (χ0) is 15.4. The van der Waals surface area contributed by atoms with E-state index in [9.17, 15) is 8.78 Å². The third-order valence-electron chi connectivity index (χ3n) is 3.31. The number of aromatic nitrogens is 2. The Bertz CT molecular complexity index is 611. The van der Waals surface area contributed by atoms with Crippen LogP contribution in [0.1, 0.15) is 16.7 Å². The third kappa shape index (κ3) is 3.93. The summed E-state index contributed by atoms with van der Waals surface area (Å²) in [4.78, 5) is 0. The Hall–Kier alpha value is -2.11. The minimum Gasteiger partial charge on any atom is -0.495 e. The van der Waals surface area contributed by atoms with Gasteiger partial charge in [0.2, 0.25) is 0 Å². The van der Waals surface area contributed by atoms with Crippen molar-refractivity contribution < 1.29 is 13.5 Å². The van der Waals surface area contributed by atoms with Crippen LogP contribution in [0, 0.1) is 13.8 Å². The van der Waals surface area contributed by atoms with Gasteiger partial charge in [0, 0.05) is 18.3 Å². The minimum absolute atomic E-state index is 0.382. The van der Waals surface area contributed by atoms with Gasteiger partial charge in [0.15, 0.2) is 0 Å². The van der Waals surface area contributed by atoms with Crippen molar-refractivity contribution in [1.82, 2.24) is 9.78 Å². The molecule has 4 nitrogen and oxygen atoms in total. The summed E-state index contributed by atoms with van der Waals surface area (Å²) in [5, 5.41) is 7.16. The van der Waals surface area contributed by atoms with Crippen LogP contribution in [0.15, 0.2) is 24.5 Å². The van der Waals surface area contributed by atoms with Crippen LogP contribution < -0.4 is 10.1 Å². The van der Waals surface area contributed by atoms with Gasteiger partial charge in [-0.15, -0.1) is 0 Å². The van der Waals surface area contributed by atoms with Gasteiger partial charge in [0.25, 0.3) is 6.43 Å². The molecule has 2 rings (SSSR count). The lowest BCUT2D eigenvalue weighted by atomic mass is 10.1. The summed E-state index contributed by atoms with van der Waals surface area (Å²) < 4.78 is 31.1. The molecular formula is C15H19F2N3O. The first kappa shape index (κ1) is 15.3. The topological polar surface area (TPSA) is 39.1 Å². The van der Waals surface area contributed by atoms with Crippen LogP contribution in [0.2, 0.25) is 0 Å². The van der Waals surface area contributed by atoms with Gasteiger partial charge in [0.1, 0.15) is 12.3 Å². The standard InChI is InChI=1S/C15H19F2N3O/c1-10-4-13(14(21-3)5-11(10)2)18-6-12-7-19-20(8-12)9-15(16)17/h4-5,7-8,15,18H,6,9H2,1-3H3. The van der Waals surface area contributed by atoms with Crippen LogP contribution in [-0.2, 0) is 13.1 Å². The first-order valence-corrected chi connectivity index (χ1v) is 6.68. The highest BCUT2D eigenvalue weighted by Crippen LogP contribution is 2.28. The van der Waals surface area contributed by atoms with Crippen molar-refractivity contribution in [1.29, 1.82) is 0 Å². The third-order valence-corrected chi connectivity index (χ3v) is 3.31. The first-order valence-electron chi connectivity index (χ1n) is 6.68. The highest BCUT2D eigenvalue weighted by atomic mass is 19.3. The summed E-state index contributed by atoms with van der Waals surface area (Å²) >= 11 is 0. The maximum atomic E-state index is 12.3. The highest BCUT2D eigenvalue weighted by molar-refractivity contribution is 5.60. The lowest BCUT2D eigenvalue weighted by molar-refractivity contribution is 0.122. The lowest BCUT2D eigenvalue weighted by Crippen LogP contribution is -2.06. The van der Waals surface area contributed by atoms with Gasteiger partial charge in [-0.2, -0.15) is 5.10 Å². The van der Waals surface area contributed by atoms with Gasteiger partial charge in [0.05, 0.1) is 19.0 Å². The summed E-state index contributed by atoms with van der Waals surface area (Å²) in [5.74, 6) is 0.762. The van der Waals surface area contributed by atoms with E-state index >= 15 is 0 Å². The molecule has 6 heteroatoms. The maximum Gasteiger partial charge on any atom is 0.257 e. The number of ether oxygens (including phenoxy) is 1. The Kier molecular flexibility index (Phi) is 4.77. The van der Waals surface area contributed by atoms with Gasteiger partial charge in [-0.25, -0.2) is 8.78 Å². The van der Waals surface area contributed by atoms with Crippen LogP contribution in [-0.4, -0.2) is 23.3 Å². The van der Waals surface area contributed by atoms with Gasteiger partial charge >= 0.3 is 0 Å². The Morgan fingerprint density at radius 1 is 1.29 bits per heavy atom. The molecule has 0 spiro atoms. The summed E-state index contributed by atoms with van der Waals surface area (Å²) in [6.07, 6.45) is 0.806. The van der Waals surface area contributed by atoms with Crippen LogP contribution >= 0.6 is 0 Å². The van der Waals surface area contributed by atoms with Crippen LogP contribution in [0.4, 0.5) is 14.5 Å². The molecule has 0 atom stereocenters. The summed E-state index contributed by atoms with van der Waals surface area (Å²) in [6.45, 7) is 4.17. The van der Waals surface area contributed by atoms with Crippen molar-refractivity contribution in [3.63, 3.8) is 0 Å². The van der Waals surface area contributed by atoms with E-state index in [0.717, 1.165) is 28.1 Å². The van der Waals surface area contributed by atoms with E-state index in [4.69, 9.17) is 4.74 Å². The molecule has 0 aliphatic rings. The molecule has 2 aromatic rings. The molecule has 0 saturated heterocycles. The van der Waals surface area contributed by atoms with Crippen molar-refractivity contribution >= 4 is 5.69 Å². The van der Waals surface area contributed by atoms with Crippen molar-refractivity contribution in [3.05, 3.63) is 41.2 Å². The molecule has 0 aliphatic heterocycles. The molecular weight excluding hydrogens is 276 g/mol. The molecule has 1 aromatic carbocycles. The molecule has 114 valence electrons. The number of benzene rings is 1. The van der Waals surface area contributed by atoms with E-state index in [2.05, 4.69) is 10.4 Å². The zero-order valence-corrected chi connectivity index (χ0v) is 12.4. The SMILES string of the molecule is COc1cc(C)c(C)cc1NCc1cnn(CC(F)F)c1. The monoisotopic (exact) mass is 295 g/mol. The van der Waals surface area contributed by atoms with E-state index in [1.54, 1.807) is 19.5 Å². The number of halogens is 2. The van der Waals surface area contributed by atoms with Crippen molar-refractivity contribution in [3.8, 4) is 5.75 Å². The number of hydrogen-bond acceptors (Lipinski definition) is 3. The largest absolute Gasteiger partial charge is 0.495 e. The van der Waals surface area contributed by atoms with Gasteiger partial charge in [-0.3, -0.25) is 4.68 Å². The molecule has 0 radical (unpaired) electrons. The molecule has 1 N–H and O–H groups in total. The number of nitrogens with zero attached hydrogens (tertiary/aromatic N) is 2. The fourth-order valence-electron chi connectivity index (χ4n) is 2.03. The van der Waals surface area contributed by atoms with E-state index in [-0.39, 0.29) is 6.54 Å². The van der Waals surface area contributed by atoms with E-state index in [1.165, 1.54) is 4.68 Å². The number of alkyl halides is 2. The molecule has 0 fully saturated rings. The summed E-state index contributed by atoms with van der Waals surface area (Å²) in [5.41, 5.74) is 4.03. The number of hydrogen-bond donors (Lipinski definition) is 1. The van der Waals surface area contributed by atoms with Crippen LogP contribution in [0.3, 0.4) is 0 Å². The predicted molar refractivity (Wildman–Crippen MR) is 78.0 cm³/mol. The number of nitrogens with one attached hydrogen (secondary N) is 1. The predicted octanol–water partition coefficient (Wildman–Crippen LogP) is 3.39. The average Bonchev–Trinajstić information content (AvgIpc) is 2.86. The van der Waals surface area contributed by atoms with E-state index < -0.39 is 6.43 Å². The Labute approximate surface area is 122 Å².